The van der Waals surface area contributed by atoms with Crippen LogP contribution in [0.2, 0.25) is 0 Å². The fourth-order valence-corrected chi connectivity index (χ4v) is 3.60. The number of allylic oxidation sites excluding steroid dienone is 3. The lowest BCUT2D eigenvalue weighted by Gasteiger charge is -2.45. The molecule has 20 heavy (non-hydrogen) atoms. The predicted molar refractivity (Wildman–Crippen MR) is 76.9 cm³/mol. The van der Waals surface area contributed by atoms with Gasteiger partial charge in [-0.1, -0.05) is 19.9 Å². The zero-order valence-corrected chi connectivity index (χ0v) is 12.6. The molecule has 2 N–H and O–H groups in total. The van der Waals surface area contributed by atoms with Crippen LogP contribution < -0.4 is 5.32 Å². The zero-order chi connectivity index (χ0) is 15.1. The summed E-state index contributed by atoms with van der Waals surface area (Å²) < 4.78 is 0. The minimum absolute atomic E-state index is 0.0372. The molecular formula is C16H23NO3. The summed E-state index contributed by atoms with van der Waals surface area (Å²) in [6.45, 7) is 5.67. The first-order valence-corrected chi connectivity index (χ1v) is 7.16. The van der Waals surface area contributed by atoms with Crippen LogP contribution in [0.5, 0.6) is 0 Å². The molecule has 2 aliphatic rings. The van der Waals surface area contributed by atoms with Gasteiger partial charge < -0.3 is 10.4 Å². The van der Waals surface area contributed by atoms with E-state index in [0.29, 0.717) is 5.57 Å². The summed E-state index contributed by atoms with van der Waals surface area (Å²) in [4.78, 5) is 23.7. The second kappa shape index (κ2) is 5.17. The van der Waals surface area contributed by atoms with E-state index in [0.717, 1.165) is 18.4 Å². The standard InChI is InChI=1S/C16H23NO3/c1-9(15(20)17-4)11-5-7-16(3)8-6-12(18)10(2)13(16)14(11)19/h6,8-9,11,14,19H,5,7H2,1-4H3,(H,17,20). The first kappa shape index (κ1) is 15.0. The van der Waals surface area contributed by atoms with Crippen LogP contribution in [0.1, 0.15) is 33.6 Å². The Hall–Kier alpha value is -1.42. The summed E-state index contributed by atoms with van der Waals surface area (Å²) in [7, 11) is 1.61. The normalized spacial score (nSPS) is 34.8. The maximum atomic E-state index is 11.9. The Bertz CT molecular complexity index is 506. The van der Waals surface area contributed by atoms with Crippen molar-refractivity contribution in [3.63, 3.8) is 0 Å². The maximum absolute atomic E-state index is 11.9. The quantitative estimate of drug-likeness (QED) is 0.805. The molecule has 0 bridgehead atoms. The number of aliphatic hydroxyl groups excluding tert-OH is 1. The highest BCUT2D eigenvalue weighted by Gasteiger charge is 2.45. The summed E-state index contributed by atoms with van der Waals surface area (Å²) in [5, 5.41) is 13.3. The minimum Gasteiger partial charge on any atom is -0.388 e. The number of aliphatic hydroxyl groups is 1. The van der Waals surface area contributed by atoms with Gasteiger partial charge in [0.25, 0.3) is 0 Å². The van der Waals surface area contributed by atoms with Crippen LogP contribution in [0.25, 0.3) is 0 Å². The smallest absolute Gasteiger partial charge is 0.222 e. The number of hydrogen-bond acceptors (Lipinski definition) is 3. The van der Waals surface area contributed by atoms with E-state index < -0.39 is 6.10 Å². The van der Waals surface area contributed by atoms with Crippen molar-refractivity contribution >= 4 is 11.7 Å². The molecule has 0 spiro atoms. The summed E-state index contributed by atoms with van der Waals surface area (Å²) in [6, 6.07) is 0. The lowest BCUT2D eigenvalue weighted by Crippen LogP contribution is -2.45. The third kappa shape index (κ3) is 2.22. The van der Waals surface area contributed by atoms with Crippen molar-refractivity contribution in [3.8, 4) is 0 Å². The van der Waals surface area contributed by atoms with Crippen LogP contribution >= 0.6 is 0 Å². The molecule has 1 amide bonds. The van der Waals surface area contributed by atoms with Gasteiger partial charge in [-0.2, -0.15) is 0 Å². The molecule has 110 valence electrons. The van der Waals surface area contributed by atoms with Crippen LogP contribution in [0, 0.1) is 17.3 Å². The topological polar surface area (TPSA) is 66.4 Å². The van der Waals surface area contributed by atoms with Gasteiger partial charge in [-0.05, 0) is 37.0 Å². The molecule has 0 radical (unpaired) electrons. The number of rotatable bonds is 2. The van der Waals surface area contributed by atoms with E-state index in [2.05, 4.69) is 12.2 Å². The van der Waals surface area contributed by atoms with Gasteiger partial charge in [0.1, 0.15) is 0 Å². The van der Waals surface area contributed by atoms with E-state index in [-0.39, 0.29) is 28.9 Å². The van der Waals surface area contributed by atoms with E-state index in [1.54, 1.807) is 20.0 Å². The second-order valence-corrected chi connectivity index (χ2v) is 6.20. The Balaban J connectivity index is 2.36. The van der Waals surface area contributed by atoms with Gasteiger partial charge in [0.05, 0.1) is 6.10 Å². The molecule has 0 aromatic heterocycles. The van der Waals surface area contributed by atoms with E-state index in [4.69, 9.17) is 0 Å². The molecule has 0 aliphatic heterocycles. The van der Waals surface area contributed by atoms with E-state index in [9.17, 15) is 14.7 Å². The number of hydrogen-bond donors (Lipinski definition) is 2. The van der Waals surface area contributed by atoms with Gasteiger partial charge in [0.2, 0.25) is 5.91 Å². The van der Waals surface area contributed by atoms with Crippen LogP contribution in [-0.4, -0.2) is 29.9 Å². The van der Waals surface area contributed by atoms with Crippen LogP contribution in [0.4, 0.5) is 0 Å². The SMILES string of the molecule is CNC(=O)C(C)C1CCC2(C)C=CC(=O)C(C)=C2C1O. The van der Waals surface area contributed by atoms with Gasteiger partial charge in [-0.25, -0.2) is 0 Å². The fourth-order valence-electron chi connectivity index (χ4n) is 3.60. The average Bonchev–Trinajstić information content (AvgIpc) is 2.42. The van der Waals surface area contributed by atoms with Crippen molar-refractivity contribution in [1.82, 2.24) is 5.32 Å². The summed E-state index contributed by atoms with van der Waals surface area (Å²) >= 11 is 0. The largest absolute Gasteiger partial charge is 0.388 e. The summed E-state index contributed by atoms with van der Waals surface area (Å²) in [5.41, 5.74) is 1.18. The Labute approximate surface area is 119 Å². The second-order valence-electron chi connectivity index (χ2n) is 6.20. The third-order valence-electron chi connectivity index (χ3n) is 4.99. The molecule has 1 saturated carbocycles. The molecule has 4 atom stereocenters. The molecule has 2 aliphatic carbocycles. The van der Waals surface area contributed by atoms with Crippen molar-refractivity contribution < 1.29 is 14.7 Å². The van der Waals surface area contributed by atoms with E-state index in [1.807, 2.05) is 13.0 Å². The predicted octanol–water partition coefficient (Wildman–Crippen LogP) is 1.60. The number of ketones is 1. The molecule has 2 rings (SSSR count). The van der Waals surface area contributed by atoms with Crippen LogP contribution in [0.15, 0.2) is 23.3 Å². The molecule has 0 heterocycles. The minimum atomic E-state index is -0.727. The molecule has 0 saturated heterocycles. The van der Waals surface area contributed by atoms with Crippen molar-refractivity contribution in [1.29, 1.82) is 0 Å². The number of fused-ring (bicyclic) bond motifs is 1. The average molecular weight is 277 g/mol. The molecule has 0 aromatic rings. The molecule has 0 aromatic carbocycles. The van der Waals surface area contributed by atoms with E-state index in [1.165, 1.54) is 0 Å². The number of nitrogens with one attached hydrogen (secondary N) is 1. The van der Waals surface area contributed by atoms with Crippen LogP contribution in [-0.2, 0) is 9.59 Å². The number of amides is 1. The molecule has 4 heteroatoms. The summed E-state index contributed by atoms with van der Waals surface area (Å²) in [5.74, 6) is -0.494. The first-order valence-electron chi connectivity index (χ1n) is 7.16. The highest BCUT2D eigenvalue weighted by Crippen LogP contribution is 2.49. The summed E-state index contributed by atoms with van der Waals surface area (Å²) in [6.07, 6.45) is 4.42. The van der Waals surface area contributed by atoms with Crippen molar-refractivity contribution in [2.24, 2.45) is 17.3 Å². The zero-order valence-electron chi connectivity index (χ0n) is 12.6. The number of carbonyl (C=O) groups excluding carboxylic acids is 2. The van der Waals surface area contributed by atoms with E-state index >= 15 is 0 Å². The Morgan fingerprint density at radius 2 is 2.20 bits per heavy atom. The van der Waals surface area contributed by atoms with Gasteiger partial charge in [-0.15, -0.1) is 0 Å². The van der Waals surface area contributed by atoms with Gasteiger partial charge in [-0.3, -0.25) is 9.59 Å². The molecule has 4 unspecified atom stereocenters. The Morgan fingerprint density at radius 1 is 1.55 bits per heavy atom. The lowest BCUT2D eigenvalue weighted by atomic mass is 9.61. The fraction of sp³-hybridized carbons (Fsp3) is 0.625. The van der Waals surface area contributed by atoms with Gasteiger partial charge >= 0.3 is 0 Å². The maximum Gasteiger partial charge on any atom is 0.222 e. The third-order valence-corrected chi connectivity index (χ3v) is 4.99. The van der Waals surface area contributed by atoms with Gasteiger partial charge in [0, 0.05) is 24.3 Å². The Morgan fingerprint density at radius 3 is 2.80 bits per heavy atom. The molecule has 1 fully saturated rings. The molecular weight excluding hydrogens is 254 g/mol. The van der Waals surface area contributed by atoms with Crippen molar-refractivity contribution in [2.75, 3.05) is 7.05 Å². The van der Waals surface area contributed by atoms with Gasteiger partial charge in [0.15, 0.2) is 5.78 Å². The first-order chi connectivity index (χ1) is 9.31. The van der Waals surface area contributed by atoms with Crippen molar-refractivity contribution in [3.05, 3.63) is 23.3 Å². The van der Waals surface area contributed by atoms with Crippen LogP contribution in [0.3, 0.4) is 0 Å². The highest BCUT2D eigenvalue weighted by molar-refractivity contribution is 6.05. The molecule has 4 nitrogen and oxygen atoms in total. The lowest BCUT2D eigenvalue weighted by molar-refractivity contribution is -0.127. The highest BCUT2D eigenvalue weighted by atomic mass is 16.3. The monoisotopic (exact) mass is 277 g/mol. The van der Waals surface area contributed by atoms with Crippen molar-refractivity contribution in [2.45, 2.75) is 39.7 Å². The Kier molecular flexibility index (Phi) is 3.87. The number of carbonyl (C=O) groups is 2.